The molecule has 1 heterocycles. The molecule has 0 radical (unpaired) electrons. The molecule has 2 rings (SSSR count). The summed E-state index contributed by atoms with van der Waals surface area (Å²) in [6.45, 7) is 0.906. The normalized spacial score (nSPS) is 23.1. The Kier molecular flexibility index (Phi) is 3.94. The number of hydrogen-bond acceptors (Lipinski definition) is 4. The number of ether oxygens (including phenoxy) is 1. The molecule has 1 aromatic rings. The van der Waals surface area contributed by atoms with E-state index < -0.39 is 0 Å². The molecular formula is C11H15Cl2N3O. The second kappa shape index (κ2) is 5.27. The number of halogens is 2. The van der Waals surface area contributed by atoms with E-state index in [0.717, 1.165) is 19.4 Å². The van der Waals surface area contributed by atoms with E-state index in [1.165, 1.54) is 7.11 Å². The lowest BCUT2D eigenvalue weighted by Crippen LogP contribution is -2.35. The summed E-state index contributed by atoms with van der Waals surface area (Å²) in [6, 6.07) is 0.333. The summed E-state index contributed by atoms with van der Waals surface area (Å²) in [4.78, 5) is 10.2. The van der Waals surface area contributed by atoms with Gasteiger partial charge in [-0.2, -0.15) is 4.98 Å². The van der Waals surface area contributed by atoms with E-state index in [1.54, 1.807) is 6.20 Å². The van der Waals surface area contributed by atoms with E-state index in [4.69, 9.17) is 27.9 Å². The van der Waals surface area contributed by atoms with Crippen molar-refractivity contribution >= 4 is 29.0 Å². The minimum atomic E-state index is 0.333. The van der Waals surface area contributed by atoms with Crippen molar-refractivity contribution < 1.29 is 4.74 Å². The first-order chi connectivity index (χ1) is 8.10. The van der Waals surface area contributed by atoms with E-state index in [2.05, 4.69) is 9.97 Å². The van der Waals surface area contributed by atoms with Gasteiger partial charge >= 0.3 is 6.01 Å². The third-order valence-electron chi connectivity index (χ3n) is 2.96. The standard InChI is InChI=1S/C11H15Cl2N3O/c1-16(6-7-3-8(12)4-7)10-9(13)5-14-11(15-10)17-2/h5,7-8H,3-4,6H2,1-2H3. The van der Waals surface area contributed by atoms with Crippen molar-refractivity contribution in [3.63, 3.8) is 0 Å². The van der Waals surface area contributed by atoms with Crippen LogP contribution in [0.5, 0.6) is 6.01 Å². The molecule has 1 fully saturated rings. The van der Waals surface area contributed by atoms with E-state index in [1.807, 2.05) is 11.9 Å². The highest BCUT2D eigenvalue weighted by atomic mass is 35.5. The number of alkyl halides is 1. The summed E-state index contributed by atoms with van der Waals surface area (Å²) in [5.74, 6) is 1.33. The lowest BCUT2D eigenvalue weighted by atomic mass is 9.84. The van der Waals surface area contributed by atoms with Crippen LogP contribution in [0.2, 0.25) is 5.02 Å². The van der Waals surface area contributed by atoms with Crippen LogP contribution in [0.4, 0.5) is 5.82 Å². The van der Waals surface area contributed by atoms with Crippen LogP contribution in [-0.4, -0.2) is 36.0 Å². The molecule has 4 nitrogen and oxygen atoms in total. The molecule has 0 spiro atoms. The van der Waals surface area contributed by atoms with Crippen LogP contribution < -0.4 is 9.64 Å². The summed E-state index contributed by atoms with van der Waals surface area (Å²) < 4.78 is 4.99. The minimum absolute atomic E-state index is 0.333. The molecule has 0 unspecified atom stereocenters. The van der Waals surface area contributed by atoms with Gasteiger partial charge in [0.1, 0.15) is 5.02 Å². The summed E-state index contributed by atoms with van der Waals surface area (Å²) in [5, 5.41) is 0.874. The molecule has 1 aliphatic rings. The number of anilines is 1. The third kappa shape index (κ3) is 2.93. The molecule has 6 heteroatoms. The van der Waals surface area contributed by atoms with E-state index >= 15 is 0 Å². The van der Waals surface area contributed by atoms with Gasteiger partial charge in [0, 0.05) is 19.0 Å². The van der Waals surface area contributed by atoms with Crippen LogP contribution in [0.15, 0.2) is 6.20 Å². The van der Waals surface area contributed by atoms with Gasteiger partial charge in [-0.1, -0.05) is 11.6 Å². The van der Waals surface area contributed by atoms with Gasteiger partial charge in [-0.3, -0.25) is 0 Å². The largest absolute Gasteiger partial charge is 0.467 e. The molecule has 1 aromatic heterocycles. The van der Waals surface area contributed by atoms with Crippen LogP contribution in [0, 0.1) is 5.92 Å². The monoisotopic (exact) mass is 275 g/mol. The molecule has 0 atom stereocenters. The first-order valence-corrected chi connectivity index (χ1v) is 6.33. The van der Waals surface area contributed by atoms with Crippen molar-refractivity contribution in [3.8, 4) is 6.01 Å². The quantitative estimate of drug-likeness (QED) is 0.792. The Bertz CT molecular complexity index is 396. The Balaban J connectivity index is 2.04. The maximum atomic E-state index is 6.07. The zero-order chi connectivity index (χ0) is 12.4. The van der Waals surface area contributed by atoms with E-state index in [9.17, 15) is 0 Å². The molecule has 1 saturated carbocycles. The topological polar surface area (TPSA) is 38.2 Å². The smallest absolute Gasteiger partial charge is 0.318 e. The molecule has 0 saturated heterocycles. The number of aromatic nitrogens is 2. The Morgan fingerprint density at radius 2 is 2.24 bits per heavy atom. The number of methoxy groups -OCH3 is 1. The van der Waals surface area contributed by atoms with Gasteiger partial charge in [0.15, 0.2) is 5.82 Å². The van der Waals surface area contributed by atoms with Gasteiger partial charge in [0.25, 0.3) is 0 Å². The van der Waals surface area contributed by atoms with Crippen molar-refractivity contribution in [1.29, 1.82) is 0 Å². The molecule has 1 aliphatic carbocycles. The van der Waals surface area contributed by atoms with Gasteiger partial charge in [-0.15, -0.1) is 11.6 Å². The molecule has 0 bridgehead atoms. The number of hydrogen-bond donors (Lipinski definition) is 0. The lowest BCUT2D eigenvalue weighted by Gasteiger charge is -2.34. The molecule has 0 aliphatic heterocycles. The van der Waals surface area contributed by atoms with Gasteiger partial charge in [-0.25, -0.2) is 4.98 Å². The van der Waals surface area contributed by atoms with Crippen LogP contribution in [-0.2, 0) is 0 Å². The third-order valence-corrected chi connectivity index (χ3v) is 3.58. The average Bonchev–Trinajstić information content (AvgIpc) is 2.27. The summed E-state index contributed by atoms with van der Waals surface area (Å²) in [5.41, 5.74) is 0. The highest BCUT2D eigenvalue weighted by Gasteiger charge is 2.28. The molecule has 0 N–H and O–H groups in total. The van der Waals surface area contributed by atoms with Crippen molar-refractivity contribution in [2.45, 2.75) is 18.2 Å². The zero-order valence-electron chi connectivity index (χ0n) is 9.86. The van der Waals surface area contributed by atoms with Gasteiger partial charge in [-0.05, 0) is 18.8 Å². The predicted octanol–water partition coefficient (Wildman–Crippen LogP) is 2.59. The second-order valence-electron chi connectivity index (χ2n) is 4.34. The Morgan fingerprint density at radius 3 is 2.82 bits per heavy atom. The van der Waals surface area contributed by atoms with Crippen LogP contribution in [0.3, 0.4) is 0 Å². The van der Waals surface area contributed by atoms with Crippen molar-refractivity contribution in [2.75, 3.05) is 25.6 Å². The first-order valence-electron chi connectivity index (χ1n) is 5.52. The Hall–Kier alpha value is -0.740. The maximum Gasteiger partial charge on any atom is 0.318 e. The average molecular weight is 276 g/mol. The SMILES string of the molecule is COc1ncc(Cl)c(N(C)CC2CC(Cl)C2)n1. The van der Waals surface area contributed by atoms with Crippen LogP contribution in [0.1, 0.15) is 12.8 Å². The van der Waals surface area contributed by atoms with Crippen LogP contribution in [0.25, 0.3) is 0 Å². The minimum Gasteiger partial charge on any atom is -0.467 e. The molecule has 17 heavy (non-hydrogen) atoms. The fourth-order valence-corrected chi connectivity index (χ4v) is 2.72. The van der Waals surface area contributed by atoms with E-state index in [-0.39, 0.29) is 0 Å². The van der Waals surface area contributed by atoms with Gasteiger partial charge < -0.3 is 9.64 Å². The Labute approximate surface area is 111 Å². The second-order valence-corrected chi connectivity index (χ2v) is 5.37. The number of nitrogens with zero attached hydrogens (tertiary/aromatic N) is 3. The van der Waals surface area contributed by atoms with Crippen molar-refractivity contribution in [1.82, 2.24) is 9.97 Å². The van der Waals surface area contributed by atoms with Crippen molar-refractivity contribution in [3.05, 3.63) is 11.2 Å². The zero-order valence-corrected chi connectivity index (χ0v) is 11.4. The molecule has 0 amide bonds. The highest BCUT2D eigenvalue weighted by molar-refractivity contribution is 6.32. The summed E-state index contributed by atoms with van der Waals surface area (Å²) in [6.07, 6.45) is 3.68. The molecule has 94 valence electrons. The Morgan fingerprint density at radius 1 is 1.53 bits per heavy atom. The van der Waals surface area contributed by atoms with Crippen molar-refractivity contribution in [2.24, 2.45) is 5.92 Å². The maximum absolute atomic E-state index is 6.07. The fourth-order valence-electron chi connectivity index (χ4n) is 1.99. The summed E-state index contributed by atoms with van der Waals surface area (Å²) in [7, 11) is 3.51. The van der Waals surface area contributed by atoms with Gasteiger partial charge in [0.2, 0.25) is 0 Å². The summed E-state index contributed by atoms with van der Waals surface area (Å²) >= 11 is 12.0. The fraction of sp³-hybridized carbons (Fsp3) is 0.636. The number of rotatable bonds is 4. The van der Waals surface area contributed by atoms with Gasteiger partial charge in [0.05, 0.1) is 13.3 Å². The first kappa shape index (κ1) is 12.7. The highest BCUT2D eigenvalue weighted by Crippen LogP contribution is 2.34. The lowest BCUT2D eigenvalue weighted by molar-refractivity contribution is 0.328. The van der Waals surface area contributed by atoms with E-state index in [0.29, 0.717) is 28.1 Å². The molecule has 0 aromatic carbocycles. The molecular weight excluding hydrogens is 261 g/mol. The predicted molar refractivity (Wildman–Crippen MR) is 69.2 cm³/mol. The van der Waals surface area contributed by atoms with Crippen LogP contribution >= 0.6 is 23.2 Å².